The van der Waals surface area contributed by atoms with Gasteiger partial charge in [-0.1, -0.05) is 11.6 Å². The van der Waals surface area contributed by atoms with Gasteiger partial charge in [0.2, 0.25) is 0 Å². The van der Waals surface area contributed by atoms with Gasteiger partial charge in [-0.15, -0.1) is 0 Å². The molecule has 94 valence electrons. The molecule has 3 nitrogen and oxygen atoms in total. The molecular formula is C13H13ClIN3. The van der Waals surface area contributed by atoms with Crippen molar-refractivity contribution in [3.63, 3.8) is 0 Å². The van der Waals surface area contributed by atoms with E-state index in [0.29, 0.717) is 5.02 Å². The summed E-state index contributed by atoms with van der Waals surface area (Å²) in [5.41, 5.74) is 6.10. The predicted molar refractivity (Wildman–Crippen MR) is 82.3 cm³/mol. The molecule has 1 atom stereocenters. The van der Waals surface area contributed by atoms with Crippen molar-refractivity contribution in [1.29, 1.82) is 0 Å². The second-order valence-corrected chi connectivity index (χ2v) is 5.60. The standard InChI is InChI=1S/C13H13ClIN3/c1-8-4-5-17-7-11(8)13(18-16)10-6-9(14)2-3-12(10)15/h2-7,13,18H,16H2,1H3. The van der Waals surface area contributed by atoms with E-state index >= 15 is 0 Å². The van der Waals surface area contributed by atoms with Gasteiger partial charge in [0.1, 0.15) is 0 Å². The van der Waals surface area contributed by atoms with E-state index in [1.54, 1.807) is 6.20 Å². The Morgan fingerprint density at radius 3 is 2.78 bits per heavy atom. The third-order valence-electron chi connectivity index (χ3n) is 2.83. The molecule has 0 amide bonds. The molecule has 1 heterocycles. The van der Waals surface area contributed by atoms with Crippen molar-refractivity contribution in [2.24, 2.45) is 5.84 Å². The number of pyridine rings is 1. The van der Waals surface area contributed by atoms with Crippen LogP contribution < -0.4 is 11.3 Å². The van der Waals surface area contributed by atoms with Crippen molar-refractivity contribution in [3.8, 4) is 0 Å². The zero-order chi connectivity index (χ0) is 13.1. The predicted octanol–water partition coefficient (Wildman–Crippen LogP) is 3.20. The Kier molecular flexibility index (Phi) is 4.55. The molecule has 0 saturated heterocycles. The summed E-state index contributed by atoms with van der Waals surface area (Å²) in [6, 6.07) is 7.65. The topological polar surface area (TPSA) is 50.9 Å². The smallest absolute Gasteiger partial charge is 0.0738 e. The van der Waals surface area contributed by atoms with Crippen LogP contribution in [-0.2, 0) is 0 Å². The number of hydrazine groups is 1. The van der Waals surface area contributed by atoms with Gasteiger partial charge in [-0.2, -0.15) is 0 Å². The molecule has 0 spiro atoms. The maximum absolute atomic E-state index is 6.06. The molecule has 3 N–H and O–H groups in total. The lowest BCUT2D eigenvalue weighted by Crippen LogP contribution is -2.30. The summed E-state index contributed by atoms with van der Waals surface area (Å²) in [4.78, 5) is 4.16. The van der Waals surface area contributed by atoms with Crippen LogP contribution in [0.5, 0.6) is 0 Å². The van der Waals surface area contributed by atoms with Crippen molar-refractivity contribution < 1.29 is 0 Å². The Hall–Kier alpha value is -0.690. The van der Waals surface area contributed by atoms with Gasteiger partial charge in [0.05, 0.1) is 6.04 Å². The summed E-state index contributed by atoms with van der Waals surface area (Å²) in [5, 5.41) is 0.701. The van der Waals surface area contributed by atoms with Crippen molar-refractivity contribution in [3.05, 3.63) is 61.9 Å². The Balaban J connectivity index is 2.52. The average molecular weight is 374 g/mol. The van der Waals surface area contributed by atoms with Gasteiger partial charge in [-0.25, -0.2) is 5.43 Å². The monoisotopic (exact) mass is 373 g/mol. The van der Waals surface area contributed by atoms with Crippen LogP contribution in [0.4, 0.5) is 0 Å². The van der Waals surface area contributed by atoms with Gasteiger partial charge in [-0.3, -0.25) is 10.8 Å². The maximum atomic E-state index is 6.06. The first-order valence-electron chi connectivity index (χ1n) is 5.45. The summed E-state index contributed by atoms with van der Waals surface area (Å²) < 4.78 is 1.11. The second kappa shape index (κ2) is 5.97. The largest absolute Gasteiger partial charge is 0.271 e. The average Bonchev–Trinajstić information content (AvgIpc) is 2.36. The molecule has 0 aliphatic heterocycles. The van der Waals surface area contributed by atoms with Crippen LogP contribution in [0.3, 0.4) is 0 Å². The lowest BCUT2D eigenvalue weighted by molar-refractivity contribution is 0.629. The van der Waals surface area contributed by atoms with E-state index < -0.39 is 0 Å². The van der Waals surface area contributed by atoms with E-state index in [2.05, 4.69) is 33.0 Å². The van der Waals surface area contributed by atoms with Gasteiger partial charge < -0.3 is 0 Å². The highest BCUT2D eigenvalue weighted by molar-refractivity contribution is 14.1. The molecule has 0 bridgehead atoms. The minimum Gasteiger partial charge on any atom is -0.271 e. The van der Waals surface area contributed by atoms with Gasteiger partial charge in [-0.05, 0) is 70.5 Å². The molecule has 1 aromatic heterocycles. The number of nitrogens with one attached hydrogen (secondary N) is 1. The quantitative estimate of drug-likeness (QED) is 0.493. The first-order chi connectivity index (χ1) is 8.63. The first-order valence-corrected chi connectivity index (χ1v) is 6.90. The van der Waals surface area contributed by atoms with Crippen LogP contribution in [0, 0.1) is 10.5 Å². The van der Waals surface area contributed by atoms with Gasteiger partial charge in [0.15, 0.2) is 0 Å². The molecule has 0 radical (unpaired) electrons. The second-order valence-electron chi connectivity index (χ2n) is 4.00. The normalized spacial score (nSPS) is 12.4. The summed E-state index contributed by atoms with van der Waals surface area (Å²) in [6.45, 7) is 2.04. The summed E-state index contributed by atoms with van der Waals surface area (Å²) in [6.07, 6.45) is 3.60. The lowest BCUT2D eigenvalue weighted by Gasteiger charge is -2.20. The third-order valence-corrected chi connectivity index (χ3v) is 4.04. The number of aryl methyl sites for hydroxylation is 1. The number of nitrogens with zero attached hydrogens (tertiary/aromatic N) is 1. The van der Waals surface area contributed by atoms with Crippen molar-refractivity contribution in [2.45, 2.75) is 13.0 Å². The number of halogens is 2. The van der Waals surface area contributed by atoms with Gasteiger partial charge in [0.25, 0.3) is 0 Å². The van der Waals surface area contributed by atoms with Crippen molar-refractivity contribution >= 4 is 34.2 Å². The zero-order valence-electron chi connectivity index (χ0n) is 9.82. The molecule has 2 rings (SSSR count). The van der Waals surface area contributed by atoms with Gasteiger partial charge in [0, 0.05) is 21.0 Å². The zero-order valence-corrected chi connectivity index (χ0v) is 12.7. The molecule has 2 aromatic rings. The number of hydrogen-bond donors (Lipinski definition) is 2. The summed E-state index contributed by atoms with van der Waals surface area (Å²) in [7, 11) is 0. The van der Waals surface area contributed by atoms with Crippen LogP contribution in [-0.4, -0.2) is 4.98 Å². The van der Waals surface area contributed by atoms with Gasteiger partial charge >= 0.3 is 0 Å². The summed E-state index contributed by atoms with van der Waals surface area (Å²) in [5.74, 6) is 5.70. The van der Waals surface area contributed by atoms with Crippen LogP contribution in [0.25, 0.3) is 0 Å². The number of nitrogens with two attached hydrogens (primary N) is 1. The first kappa shape index (κ1) is 13.7. The Bertz CT molecular complexity index is 560. The fourth-order valence-corrected chi connectivity index (χ4v) is 2.69. The van der Waals surface area contributed by atoms with Crippen molar-refractivity contribution in [2.75, 3.05) is 0 Å². The van der Waals surface area contributed by atoms with E-state index in [0.717, 1.165) is 20.3 Å². The highest BCUT2D eigenvalue weighted by atomic mass is 127. The van der Waals surface area contributed by atoms with E-state index in [1.807, 2.05) is 37.4 Å². The molecule has 0 aliphatic carbocycles. The Morgan fingerprint density at radius 1 is 1.33 bits per heavy atom. The minimum atomic E-state index is -0.107. The summed E-state index contributed by atoms with van der Waals surface area (Å²) >= 11 is 8.34. The van der Waals surface area contributed by atoms with E-state index in [9.17, 15) is 0 Å². The Labute approximate surface area is 125 Å². The molecule has 1 unspecified atom stereocenters. The molecule has 5 heteroatoms. The molecule has 0 saturated carbocycles. The fraction of sp³-hybridized carbons (Fsp3) is 0.154. The molecule has 18 heavy (non-hydrogen) atoms. The third kappa shape index (κ3) is 2.83. The Morgan fingerprint density at radius 2 is 2.11 bits per heavy atom. The number of hydrogen-bond acceptors (Lipinski definition) is 3. The highest BCUT2D eigenvalue weighted by Crippen LogP contribution is 2.29. The minimum absolute atomic E-state index is 0.107. The van der Waals surface area contributed by atoms with E-state index in [-0.39, 0.29) is 6.04 Å². The maximum Gasteiger partial charge on any atom is 0.0738 e. The molecule has 0 aliphatic rings. The number of benzene rings is 1. The number of aromatic nitrogens is 1. The van der Waals surface area contributed by atoms with Crippen LogP contribution in [0.1, 0.15) is 22.7 Å². The van der Waals surface area contributed by atoms with Crippen LogP contribution in [0.2, 0.25) is 5.02 Å². The van der Waals surface area contributed by atoms with E-state index in [4.69, 9.17) is 17.4 Å². The van der Waals surface area contributed by atoms with Crippen LogP contribution >= 0.6 is 34.2 Å². The number of rotatable bonds is 3. The fourth-order valence-electron chi connectivity index (χ4n) is 1.86. The molecule has 0 fully saturated rings. The van der Waals surface area contributed by atoms with E-state index in [1.165, 1.54) is 0 Å². The van der Waals surface area contributed by atoms with Crippen molar-refractivity contribution in [1.82, 2.24) is 10.4 Å². The van der Waals surface area contributed by atoms with Crippen LogP contribution in [0.15, 0.2) is 36.7 Å². The SMILES string of the molecule is Cc1ccncc1C(NN)c1cc(Cl)ccc1I. The lowest BCUT2D eigenvalue weighted by atomic mass is 9.97. The molecular weight excluding hydrogens is 361 g/mol. The highest BCUT2D eigenvalue weighted by Gasteiger charge is 2.17. The molecule has 1 aromatic carbocycles.